The van der Waals surface area contributed by atoms with E-state index in [0.29, 0.717) is 16.8 Å². The quantitative estimate of drug-likeness (QED) is 0.890. The average Bonchev–Trinajstić information content (AvgIpc) is 2.75. The Bertz CT molecular complexity index is 694. The van der Waals surface area contributed by atoms with E-state index < -0.39 is 16.8 Å². The summed E-state index contributed by atoms with van der Waals surface area (Å²) in [4.78, 5) is 16.1. The van der Waals surface area contributed by atoms with Crippen molar-refractivity contribution in [3.8, 4) is 0 Å². The van der Waals surface area contributed by atoms with Crippen LogP contribution in [0.5, 0.6) is 0 Å². The van der Waals surface area contributed by atoms with Gasteiger partial charge in [-0.2, -0.15) is 0 Å². The van der Waals surface area contributed by atoms with Gasteiger partial charge in [-0.15, -0.1) is 0 Å². The minimum atomic E-state index is -0.963. The molecule has 0 saturated carbocycles. The number of rotatable bonds is 6. The molecule has 0 radical (unpaired) electrons. The first-order valence-electron chi connectivity index (χ1n) is 6.98. The van der Waals surface area contributed by atoms with Gasteiger partial charge in [-0.05, 0) is 25.5 Å². The minimum absolute atomic E-state index is 0.0529. The number of hydrogen-bond donors (Lipinski definition) is 1. The number of fused-ring (bicyclic) bond motifs is 1. The van der Waals surface area contributed by atoms with Crippen LogP contribution in [0.15, 0.2) is 18.2 Å². The highest BCUT2D eigenvalue weighted by molar-refractivity contribution is 7.84. The van der Waals surface area contributed by atoms with Crippen molar-refractivity contribution < 1.29 is 14.1 Å². The van der Waals surface area contributed by atoms with E-state index in [2.05, 4.69) is 11.9 Å². The number of carbonyl (C=O) groups is 1. The van der Waals surface area contributed by atoms with Crippen molar-refractivity contribution >= 4 is 27.8 Å². The van der Waals surface area contributed by atoms with E-state index in [4.69, 9.17) is 0 Å². The molecule has 0 aliphatic heterocycles. The van der Waals surface area contributed by atoms with Crippen LogP contribution >= 0.6 is 0 Å². The Labute approximate surface area is 126 Å². The second-order valence-corrected chi connectivity index (χ2v) is 6.70. The van der Waals surface area contributed by atoms with Gasteiger partial charge in [0.05, 0.1) is 16.6 Å². The lowest BCUT2D eigenvalue weighted by molar-refractivity contribution is 0.0698. The molecule has 1 N–H and O–H groups in total. The Kier molecular flexibility index (Phi) is 4.77. The van der Waals surface area contributed by atoms with Gasteiger partial charge >= 0.3 is 5.97 Å². The van der Waals surface area contributed by atoms with Crippen LogP contribution in [0, 0.1) is 0 Å². The first-order chi connectivity index (χ1) is 9.95. The largest absolute Gasteiger partial charge is 0.478 e. The van der Waals surface area contributed by atoms with Crippen LogP contribution < -0.4 is 0 Å². The van der Waals surface area contributed by atoms with Crippen molar-refractivity contribution in [2.45, 2.75) is 32.7 Å². The molecular formula is C15H20N2O3S. The number of aromatic carboxylic acids is 1. The van der Waals surface area contributed by atoms with Gasteiger partial charge in [-0.25, -0.2) is 9.78 Å². The fourth-order valence-electron chi connectivity index (χ4n) is 2.66. The molecule has 5 nitrogen and oxygen atoms in total. The summed E-state index contributed by atoms with van der Waals surface area (Å²) in [5.74, 6) is 0.379. The van der Waals surface area contributed by atoms with Crippen LogP contribution in [-0.4, -0.2) is 36.8 Å². The number of aryl methyl sites for hydroxylation is 1. The van der Waals surface area contributed by atoms with Crippen LogP contribution in [0.25, 0.3) is 11.0 Å². The lowest BCUT2D eigenvalue weighted by atomic mass is 10.1. The summed E-state index contributed by atoms with van der Waals surface area (Å²) in [6.45, 7) is 4.02. The Morgan fingerprint density at radius 3 is 2.76 bits per heavy atom. The van der Waals surface area contributed by atoms with E-state index >= 15 is 0 Å². The molecule has 2 rings (SSSR count). The lowest BCUT2D eigenvalue weighted by Crippen LogP contribution is -2.17. The Morgan fingerprint density at radius 1 is 1.48 bits per heavy atom. The molecule has 0 spiro atoms. The number of nitrogens with zero attached hydrogens (tertiary/aromatic N) is 2. The maximum absolute atomic E-state index is 11.5. The molecule has 114 valence electrons. The molecule has 2 atom stereocenters. The van der Waals surface area contributed by atoms with Crippen molar-refractivity contribution in [3.63, 3.8) is 0 Å². The Hall–Kier alpha value is -1.69. The molecule has 1 aromatic heterocycles. The second kappa shape index (κ2) is 6.39. The number of carboxylic acid groups (broad SMARTS) is 1. The first-order valence-corrected chi connectivity index (χ1v) is 8.71. The van der Waals surface area contributed by atoms with E-state index in [1.165, 1.54) is 0 Å². The predicted octanol–water partition coefficient (Wildman–Crippen LogP) is 2.63. The van der Waals surface area contributed by atoms with Crippen molar-refractivity contribution in [3.05, 3.63) is 29.6 Å². The van der Waals surface area contributed by atoms with Gasteiger partial charge in [-0.1, -0.05) is 13.0 Å². The topological polar surface area (TPSA) is 72.2 Å². The average molecular weight is 308 g/mol. The van der Waals surface area contributed by atoms with Gasteiger partial charge in [0.1, 0.15) is 5.82 Å². The fourth-order valence-corrected chi connectivity index (χ4v) is 3.49. The molecule has 1 aromatic carbocycles. The highest BCUT2D eigenvalue weighted by atomic mass is 32.2. The van der Waals surface area contributed by atoms with Crippen LogP contribution in [0.4, 0.5) is 0 Å². The second-order valence-electron chi connectivity index (χ2n) is 5.22. The summed E-state index contributed by atoms with van der Waals surface area (Å²) in [6.07, 6.45) is 3.36. The first kappa shape index (κ1) is 15.7. The minimum Gasteiger partial charge on any atom is -0.478 e. The van der Waals surface area contributed by atoms with Crippen LogP contribution in [0.3, 0.4) is 0 Å². The fraction of sp³-hybridized carbons (Fsp3) is 0.467. The number of carboxylic acids is 1. The smallest absolute Gasteiger partial charge is 0.337 e. The summed E-state index contributed by atoms with van der Waals surface area (Å²) in [7, 11) is -0.949. The third-order valence-electron chi connectivity index (χ3n) is 3.40. The molecule has 21 heavy (non-hydrogen) atoms. The highest BCUT2D eigenvalue weighted by Crippen LogP contribution is 2.26. The molecular weight excluding hydrogens is 288 g/mol. The summed E-state index contributed by atoms with van der Waals surface area (Å²) in [6, 6.07) is 5.07. The zero-order valence-electron chi connectivity index (χ0n) is 12.5. The van der Waals surface area contributed by atoms with Gasteiger partial charge in [0.15, 0.2) is 0 Å². The van der Waals surface area contributed by atoms with E-state index in [-0.39, 0.29) is 11.6 Å². The number of imidazole rings is 1. The standard InChI is InChI=1S/C15H20N2O3S/c1-4-6-13-16-12-8-5-7-11(15(18)19)14(12)17(13)10(2)9-21(3)20/h5,7-8,10H,4,6,9H2,1-3H3,(H,18,19). The molecule has 6 heteroatoms. The van der Waals surface area contributed by atoms with E-state index in [1.54, 1.807) is 18.4 Å². The Morgan fingerprint density at radius 2 is 2.19 bits per heavy atom. The van der Waals surface area contributed by atoms with Crippen molar-refractivity contribution in [1.29, 1.82) is 0 Å². The molecule has 1 heterocycles. The maximum Gasteiger partial charge on any atom is 0.337 e. The lowest BCUT2D eigenvalue weighted by Gasteiger charge is -2.17. The third kappa shape index (κ3) is 3.15. The monoisotopic (exact) mass is 308 g/mol. The maximum atomic E-state index is 11.5. The number of benzene rings is 1. The van der Waals surface area contributed by atoms with E-state index in [0.717, 1.165) is 18.7 Å². The molecule has 0 bridgehead atoms. The third-order valence-corrected chi connectivity index (χ3v) is 4.36. The summed E-state index contributed by atoms with van der Waals surface area (Å²) >= 11 is 0. The Balaban J connectivity index is 2.70. The summed E-state index contributed by atoms with van der Waals surface area (Å²) in [5, 5.41) is 9.41. The van der Waals surface area contributed by atoms with Gasteiger partial charge in [0.25, 0.3) is 0 Å². The number of aromatic nitrogens is 2. The van der Waals surface area contributed by atoms with Gasteiger partial charge in [0, 0.05) is 35.3 Å². The molecule has 2 aromatic rings. The zero-order chi connectivity index (χ0) is 15.6. The van der Waals surface area contributed by atoms with E-state index in [9.17, 15) is 14.1 Å². The number of hydrogen-bond acceptors (Lipinski definition) is 3. The molecule has 0 fully saturated rings. The van der Waals surface area contributed by atoms with Crippen molar-refractivity contribution in [1.82, 2.24) is 9.55 Å². The van der Waals surface area contributed by atoms with Crippen LogP contribution in [0.2, 0.25) is 0 Å². The van der Waals surface area contributed by atoms with Crippen LogP contribution in [0.1, 0.15) is 42.5 Å². The summed E-state index contributed by atoms with van der Waals surface area (Å²) in [5.41, 5.74) is 1.56. The predicted molar refractivity (Wildman–Crippen MR) is 84.3 cm³/mol. The molecule has 0 amide bonds. The van der Waals surface area contributed by atoms with Crippen molar-refractivity contribution in [2.75, 3.05) is 12.0 Å². The molecule has 0 aliphatic rings. The zero-order valence-corrected chi connectivity index (χ0v) is 13.3. The van der Waals surface area contributed by atoms with Crippen LogP contribution in [-0.2, 0) is 17.2 Å². The summed E-state index contributed by atoms with van der Waals surface area (Å²) < 4.78 is 13.5. The number of para-hydroxylation sites is 1. The van der Waals surface area contributed by atoms with Gasteiger partial charge < -0.3 is 9.67 Å². The molecule has 0 saturated heterocycles. The molecule has 2 unspecified atom stereocenters. The molecule has 0 aliphatic carbocycles. The van der Waals surface area contributed by atoms with E-state index in [1.807, 2.05) is 17.6 Å². The van der Waals surface area contributed by atoms with Gasteiger partial charge in [0.2, 0.25) is 0 Å². The SMILES string of the molecule is CCCc1nc2cccc(C(=O)O)c2n1C(C)CS(C)=O. The van der Waals surface area contributed by atoms with Gasteiger partial charge in [-0.3, -0.25) is 4.21 Å². The normalized spacial score (nSPS) is 14.2. The van der Waals surface area contributed by atoms with Crippen molar-refractivity contribution in [2.24, 2.45) is 0 Å². The highest BCUT2D eigenvalue weighted by Gasteiger charge is 2.21.